The first-order valence-corrected chi connectivity index (χ1v) is 8.31. The minimum atomic E-state index is -0.505. The number of carbonyl (C=O) groups is 2. The number of benzene rings is 1. The Hall–Kier alpha value is -2.45. The topological polar surface area (TPSA) is 101 Å². The molecule has 8 heteroatoms. The van der Waals surface area contributed by atoms with Gasteiger partial charge in [0, 0.05) is 18.5 Å². The predicted molar refractivity (Wildman–Crippen MR) is 91.4 cm³/mol. The number of methoxy groups -OCH3 is 1. The van der Waals surface area contributed by atoms with Gasteiger partial charge in [-0.15, -0.1) is 11.3 Å². The number of phenolic OH excluding ortho intramolecular Hbond substituents is 1. The number of nitrogens with one attached hydrogen (secondary N) is 2. The summed E-state index contributed by atoms with van der Waals surface area (Å²) in [5.74, 6) is -0.802. The highest BCUT2D eigenvalue weighted by Crippen LogP contribution is 2.32. The average Bonchev–Trinajstić information content (AvgIpc) is 3.08. The van der Waals surface area contributed by atoms with Crippen molar-refractivity contribution in [2.75, 3.05) is 26.7 Å². The van der Waals surface area contributed by atoms with Crippen molar-refractivity contribution in [2.45, 2.75) is 6.92 Å². The van der Waals surface area contributed by atoms with E-state index in [1.54, 1.807) is 5.38 Å². The van der Waals surface area contributed by atoms with Crippen molar-refractivity contribution in [3.05, 3.63) is 34.8 Å². The third-order valence-electron chi connectivity index (χ3n) is 3.22. The van der Waals surface area contributed by atoms with Crippen LogP contribution in [0.1, 0.15) is 27.8 Å². The zero-order valence-electron chi connectivity index (χ0n) is 13.5. The molecule has 0 saturated heterocycles. The Bertz CT molecular complexity index is 730. The lowest BCUT2D eigenvalue weighted by Gasteiger charge is -2.05. The van der Waals surface area contributed by atoms with Gasteiger partial charge in [-0.3, -0.25) is 4.79 Å². The Morgan fingerprint density at radius 1 is 1.33 bits per heavy atom. The van der Waals surface area contributed by atoms with Crippen LogP contribution < -0.4 is 10.6 Å². The number of ether oxygens (including phenoxy) is 1. The van der Waals surface area contributed by atoms with Gasteiger partial charge < -0.3 is 20.5 Å². The quantitative estimate of drug-likeness (QED) is 0.519. The number of esters is 1. The molecule has 0 spiro atoms. The standard InChI is InChI=1S/C16H19N3O4S/c1-3-17-6-7-18-14(21)12-9-24-15(19-12)11-8-10(16(22)23-2)4-5-13(11)20/h4-5,8-9,17,20H,3,6-7H2,1-2H3,(H,18,21). The number of aromatic nitrogens is 1. The molecule has 2 rings (SSSR count). The Balaban J connectivity index is 2.15. The zero-order chi connectivity index (χ0) is 17.5. The molecular weight excluding hydrogens is 330 g/mol. The molecule has 0 unspecified atom stereocenters. The summed E-state index contributed by atoms with van der Waals surface area (Å²) in [5.41, 5.74) is 0.959. The molecule has 128 valence electrons. The summed E-state index contributed by atoms with van der Waals surface area (Å²) in [7, 11) is 1.29. The maximum absolute atomic E-state index is 12.0. The second-order valence-electron chi connectivity index (χ2n) is 4.87. The van der Waals surface area contributed by atoms with Crippen LogP contribution in [-0.2, 0) is 4.74 Å². The van der Waals surface area contributed by atoms with Gasteiger partial charge in [0.2, 0.25) is 0 Å². The van der Waals surface area contributed by atoms with Gasteiger partial charge in [-0.1, -0.05) is 6.92 Å². The van der Waals surface area contributed by atoms with E-state index in [1.807, 2.05) is 6.92 Å². The summed E-state index contributed by atoms with van der Waals surface area (Å²) in [6.45, 7) is 4.01. The number of hydrogen-bond donors (Lipinski definition) is 3. The van der Waals surface area contributed by atoms with Gasteiger partial charge in [0.15, 0.2) is 0 Å². The number of nitrogens with zero attached hydrogens (tertiary/aromatic N) is 1. The van der Waals surface area contributed by atoms with E-state index in [-0.39, 0.29) is 17.4 Å². The monoisotopic (exact) mass is 349 g/mol. The largest absolute Gasteiger partial charge is 0.507 e. The SMILES string of the molecule is CCNCCNC(=O)c1csc(-c2cc(C(=O)OC)ccc2O)n1. The fourth-order valence-electron chi connectivity index (χ4n) is 1.99. The minimum absolute atomic E-state index is 0.0175. The van der Waals surface area contributed by atoms with Crippen LogP contribution in [0.4, 0.5) is 0 Å². The van der Waals surface area contributed by atoms with E-state index in [0.29, 0.717) is 29.2 Å². The number of aromatic hydroxyl groups is 1. The second-order valence-corrected chi connectivity index (χ2v) is 5.73. The van der Waals surface area contributed by atoms with E-state index >= 15 is 0 Å². The van der Waals surface area contributed by atoms with Crippen LogP contribution in [0.2, 0.25) is 0 Å². The third kappa shape index (κ3) is 4.30. The lowest BCUT2D eigenvalue weighted by atomic mass is 10.1. The first-order valence-electron chi connectivity index (χ1n) is 7.43. The van der Waals surface area contributed by atoms with Crippen molar-refractivity contribution in [1.82, 2.24) is 15.6 Å². The molecule has 0 bridgehead atoms. The molecular formula is C16H19N3O4S. The maximum atomic E-state index is 12.0. The van der Waals surface area contributed by atoms with Crippen molar-refractivity contribution < 1.29 is 19.4 Å². The van der Waals surface area contributed by atoms with Crippen LogP contribution in [0.15, 0.2) is 23.6 Å². The molecule has 7 nitrogen and oxygen atoms in total. The van der Waals surface area contributed by atoms with Crippen LogP contribution in [-0.4, -0.2) is 48.7 Å². The molecule has 0 aliphatic heterocycles. The number of thiazole rings is 1. The molecule has 0 atom stereocenters. The normalized spacial score (nSPS) is 10.4. The molecule has 0 radical (unpaired) electrons. The van der Waals surface area contributed by atoms with Crippen molar-refractivity contribution in [3.8, 4) is 16.3 Å². The minimum Gasteiger partial charge on any atom is -0.507 e. The highest BCUT2D eigenvalue weighted by Gasteiger charge is 2.16. The molecule has 1 amide bonds. The van der Waals surface area contributed by atoms with Gasteiger partial charge >= 0.3 is 5.97 Å². The van der Waals surface area contributed by atoms with Crippen LogP contribution >= 0.6 is 11.3 Å². The molecule has 1 heterocycles. The molecule has 0 aliphatic carbocycles. The van der Waals surface area contributed by atoms with Gasteiger partial charge in [-0.25, -0.2) is 9.78 Å². The fraction of sp³-hybridized carbons (Fsp3) is 0.312. The Morgan fingerprint density at radius 2 is 2.12 bits per heavy atom. The number of likely N-dealkylation sites (N-methyl/N-ethyl adjacent to an activating group) is 1. The van der Waals surface area contributed by atoms with E-state index in [0.717, 1.165) is 6.54 Å². The van der Waals surface area contributed by atoms with Crippen molar-refractivity contribution >= 4 is 23.2 Å². The number of rotatable bonds is 7. The first kappa shape index (κ1) is 17.9. The summed E-state index contributed by atoms with van der Waals surface area (Å²) < 4.78 is 4.67. The van der Waals surface area contributed by atoms with Crippen LogP contribution in [0, 0.1) is 0 Å². The van der Waals surface area contributed by atoms with E-state index in [2.05, 4.69) is 20.4 Å². The fourth-order valence-corrected chi connectivity index (χ4v) is 2.81. The second kappa shape index (κ2) is 8.42. The Labute approximate surface area is 143 Å². The Kier molecular flexibility index (Phi) is 6.28. The smallest absolute Gasteiger partial charge is 0.337 e. The lowest BCUT2D eigenvalue weighted by molar-refractivity contribution is 0.0600. The molecule has 1 aromatic heterocycles. The summed E-state index contributed by atoms with van der Waals surface area (Å²) in [4.78, 5) is 27.9. The molecule has 0 fully saturated rings. The summed E-state index contributed by atoms with van der Waals surface area (Å²) in [6.07, 6.45) is 0. The van der Waals surface area contributed by atoms with Gasteiger partial charge in [0.1, 0.15) is 16.5 Å². The maximum Gasteiger partial charge on any atom is 0.337 e. The first-order chi connectivity index (χ1) is 11.6. The van der Waals surface area contributed by atoms with Gasteiger partial charge in [-0.05, 0) is 24.7 Å². The average molecular weight is 349 g/mol. The zero-order valence-corrected chi connectivity index (χ0v) is 14.3. The van der Waals surface area contributed by atoms with Crippen molar-refractivity contribution in [1.29, 1.82) is 0 Å². The molecule has 2 aromatic rings. The highest BCUT2D eigenvalue weighted by molar-refractivity contribution is 7.13. The number of amides is 1. The van der Waals surface area contributed by atoms with Crippen molar-refractivity contribution in [3.63, 3.8) is 0 Å². The van der Waals surface area contributed by atoms with Crippen LogP contribution in [0.5, 0.6) is 5.75 Å². The van der Waals surface area contributed by atoms with Crippen LogP contribution in [0.3, 0.4) is 0 Å². The van der Waals surface area contributed by atoms with Gasteiger partial charge in [0.05, 0.1) is 18.2 Å². The number of carbonyl (C=O) groups excluding carboxylic acids is 2. The number of hydrogen-bond acceptors (Lipinski definition) is 7. The van der Waals surface area contributed by atoms with Gasteiger partial charge in [-0.2, -0.15) is 0 Å². The molecule has 0 saturated carbocycles. The molecule has 0 aliphatic rings. The van der Waals surface area contributed by atoms with E-state index in [9.17, 15) is 14.7 Å². The lowest BCUT2D eigenvalue weighted by Crippen LogP contribution is -2.31. The Morgan fingerprint density at radius 3 is 2.83 bits per heavy atom. The molecule has 3 N–H and O–H groups in total. The predicted octanol–water partition coefficient (Wildman–Crippen LogP) is 1.64. The van der Waals surface area contributed by atoms with E-state index in [1.165, 1.54) is 36.6 Å². The summed E-state index contributed by atoms with van der Waals surface area (Å²) in [5, 5.41) is 17.9. The summed E-state index contributed by atoms with van der Waals surface area (Å²) >= 11 is 1.22. The molecule has 1 aromatic carbocycles. The van der Waals surface area contributed by atoms with Crippen LogP contribution in [0.25, 0.3) is 10.6 Å². The molecule has 24 heavy (non-hydrogen) atoms. The van der Waals surface area contributed by atoms with E-state index < -0.39 is 5.97 Å². The highest BCUT2D eigenvalue weighted by atomic mass is 32.1. The third-order valence-corrected chi connectivity index (χ3v) is 4.10. The van der Waals surface area contributed by atoms with Crippen molar-refractivity contribution in [2.24, 2.45) is 0 Å². The van der Waals surface area contributed by atoms with Gasteiger partial charge in [0.25, 0.3) is 5.91 Å². The van der Waals surface area contributed by atoms with E-state index in [4.69, 9.17) is 0 Å². The summed E-state index contributed by atoms with van der Waals surface area (Å²) in [6, 6.07) is 4.36. The number of phenols is 1.